The highest BCUT2D eigenvalue weighted by molar-refractivity contribution is 7.80. The minimum Gasteiger partial charge on any atom is -0.332 e. The maximum absolute atomic E-state index is 13.3. The third kappa shape index (κ3) is 4.86. The number of alkyl halides is 3. The number of benzene rings is 3. The Morgan fingerprint density at radius 1 is 0.815 bits per heavy atom. The van der Waals surface area contributed by atoms with Crippen molar-refractivity contribution in [2.45, 2.75) is 12.7 Å². The van der Waals surface area contributed by atoms with Crippen molar-refractivity contribution in [3.63, 3.8) is 0 Å². The van der Waals surface area contributed by atoms with Crippen LogP contribution in [0.1, 0.15) is 11.1 Å². The molecule has 6 heteroatoms. The fraction of sp³-hybridized carbons (Fsp3) is 0.0952. The van der Waals surface area contributed by atoms with Crippen LogP contribution in [0.15, 0.2) is 84.9 Å². The van der Waals surface area contributed by atoms with Gasteiger partial charge in [0.15, 0.2) is 5.11 Å². The van der Waals surface area contributed by atoms with Crippen LogP contribution in [0, 0.1) is 0 Å². The molecule has 0 fully saturated rings. The number of para-hydroxylation sites is 2. The zero-order chi connectivity index (χ0) is 19.3. The lowest BCUT2D eigenvalue weighted by atomic mass is 10.1. The molecule has 0 aromatic heterocycles. The second-order valence-electron chi connectivity index (χ2n) is 5.88. The molecule has 0 bridgehead atoms. The minimum atomic E-state index is -4.46. The molecule has 0 radical (unpaired) electrons. The van der Waals surface area contributed by atoms with E-state index < -0.39 is 11.7 Å². The normalized spacial score (nSPS) is 11.1. The second-order valence-corrected chi connectivity index (χ2v) is 6.27. The van der Waals surface area contributed by atoms with Crippen LogP contribution in [0.25, 0.3) is 0 Å². The molecule has 3 aromatic carbocycles. The van der Waals surface area contributed by atoms with E-state index in [0.717, 1.165) is 17.3 Å². The average molecular weight is 386 g/mol. The van der Waals surface area contributed by atoms with E-state index in [1.807, 2.05) is 60.7 Å². The number of nitrogens with zero attached hydrogens (tertiary/aromatic N) is 1. The molecule has 0 aliphatic heterocycles. The zero-order valence-electron chi connectivity index (χ0n) is 14.3. The van der Waals surface area contributed by atoms with E-state index in [2.05, 4.69) is 5.32 Å². The van der Waals surface area contributed by atoms with Crippen molar-refractivity contribution in [1.29, 1.82) is 0 Å². The standard InChI is InChI=1S/C21H17F3N2S/c22-21(23,24)18-13-7-8-14-19(18)25-20(27)26(17-11-5-2-6-12-17)15-16-9-3-1-4-10-16/h1-14H,15H2,(H,25,27). The summed E-state index contributed by atoms with van der Waals surface area (Å²) in [6.45, 7) is 0.435. The molecular formula is C21H17F3N2S. The van der Waals surface area contributed by atoms with Crippen LogP contribution in [0.3, 0.4) is 0 Å². The van der Waals surface area contributed by atoms with Crippen molar-refractivity contribution >= 4 is 28.7 Å². The molecule has 0 unspecified atom stereocenters. The SMILES string of the molecule is FC(F)(F)c1ccccc1NC(=S)N(Cc1ccccc1)c1ccccc1. The minimum absolute atomic E-state index is 0.0657. The Morgan fingerprint density at radius 2 is 1.37 bits per heavy atom. The molecule has 0 amide bonds. The van der Waals surface area contributed by atoms with E-state index in [1.165, 1.54) is 12.1 Å². The lowest BCUT2D eigenvalue weighted by Crippen LogP contribution is -2.34. The molecule has 27 heavy (non-hydrogen) atoms. The molecule has 0 heterocycles. The van der Waals surface area contributed by atoms with Crippen molar-refractivity contribution in [2.75, 3.05) is 10.2 Å². The number of anilines is 2. The summed E-state index contributed by atoms with van der Waals surface area (Å²) in [4.78, 5) is 1.78. The molecule has 0 spiro atoms. The van der Waals surface area contributed by atoms with Gasteiger partial charge in [-0.3, -0.25) is 0 Å². The summed E-state index contributed by atoms with van der Waals surface area (Å²) >= 11 is 5.47. The third-order valence-corrected chi connectivity index (χ3v) is 4.29. The Hall–Kier alpha value is -2.86. The summed E-state index contributed by atoms with van der Waals surface area (Å²) in [6.07, 6.45) is -4.46. The van der Waals surface area contributed by atoms with Gasteiger partial charge < -0.3 is 10.2 Å². The Bertz CT molecular complexity index is 896. The molecule has 0 atom stereocenters. The predicted molar refractivity (Wildman–Crippen MR) is 107 cm³/mol. The van der Waals surface area contributed by atoms with Crippen molar-refractivity contribution < 1.29 is 13.2 Å². The van der Waals surface area contributed by atoms with Gasteiger partial charge >= 0.3 is 6.18 Å². The molecule has 1 N–H and O–H groups in total. The monoisotopic (exact) mass is 386 g/mol. The summed E-state index contributed by atoms with van der Waals surface area (Å²) in [7, 11) is 0. The van der Waals surface area contributed by atoms with E-state index in [1.54, 1.807) is 11.0 Å². The van der Waals surface area contributed by atoms with Crippen molar-refractivity contribution in [3.8, 4) is 0 Å². The highest BCUT2D eigenvalue weighted by atomic mass is 32.1. The molecule has 0 saturated heterocycles. The van der Waals surface area contributed by atoms with Gasteiger partial charge in [0, 0.05) is 5.69 Å². The van der Waals surface area contributed by atoms with E-state index in [4.69, 9.17) is 12.2 Å². The van der Waals surface area contributed by atoms with Gasteiger partial charge in [-0.25, -0.2) is 0 Å². The number of hydrogen-bond donors (Lipinski definition) is 1. The van der Waals surface area contributed by atoms with Gasteiger partial charge in [0.2, 0.25) is 0 Å². The van der Waals surface area contributed by atoms with Gasteiger partial charge in [-0.1, -0.05) is 60.7 Å². The number of halogens is 3. The van der Waals surface area contributed by atoms with E-state index in [9.17, 15) is 13.2 Å². The molecule has 0 aliphatic rings. The lowest BCUT2D eigenvalue weighted by Gasteiger charge is -2.27. The summed E-state index contributed by atoms with van der Waals surface area (Å²) in [5.74, 6) is 0. The first-order chi connectivity index (χ1) is 12.9. The molecule has 3 aromatic rings. The van der Waals surface area contributed by atoms with Crippen LogP contribution in [0.2, 0.25) is 0 Å². The van der Waals surface area contributed by atoms with Crippen LogP contribution in [0.5, 0.6) is 0 Å². The summed E-state index contributed by atoms with van der Waals surface area (Å²) in [6, 6.07) is 24.3. The van der Waals surface area contributed by atoms with Gasteiger partial charge in [0.25, 0.3) is 0 Å². The molecule has 0 saturated carbocycles. The fourth-order valence-corrected chi connectivity index (χ4v) is 2.96. The topological polar surface area (TPSA) is 15.3 Å². The quantitative estimate of drug-likeness (QED) is 0.545. The first kappa shape index (κ1) is 18.9. The maximum atomic E-state index is 13.3. The smallest absolute Gasteiger partial charge is 0.332 e. The average Bonchev–Trinajstić information content (AvgIpc) is 2.67. The van der Waals surface area contributed by atoms with Gasteiger partial charge in [0.05, 0.1) is 17.8 Å². The van der Waals surface area contributed by atoms with Crippen LogP contribution in [-0.2, 0) is 12.7 Å². The fourth-order valence-electron chi connectivity index (χ4n) is 2.68. The van der Waals surface area contributed by atoms with E-state index in [0.29, 0.717) is 6.54 Å². The van der Waals surface area contributed by atoms with Crippen molar-refractivity contribution in [2.24, 2.45) is 0 Å². The lowest BCUT2D eigenvalue weighted by molar-refractivity contribution is -0.136. The second kappa shape index (κ2) is 8.22. The highest BCUT2D eigenvalue weighted by Crippen LogP contribution is 2.35. The number of nitrogens with one attached hydrogen (secondary N) is 1. The highest BCUT2D eigenvalue weighted by Gasteiger charge is 2.33. The summed E-state index contributed by atoms with van der Waals surface area (Å²) < 4.78 is 39.8. The van der Waals surface area contributed by atoms with Gasteiger partial charge in [-0.2, -0.15) is 13.2 Å². The first-order valence-electron chi connectivity index (χ1n) is 8.29. The maximum Gasteiger partial charge on any atom is 0.418 e. The van der Waals surface area contributed by atoms with Crippen molar-refractivity contribution in [1.82, 2.24) is 0 Å². The zero-order valence-corrected chi connectivity index (χ0v) is 15.1. The third-order valence-electron chi connectivity index (χ3n) is 3.97. The molecule has 3 rings (SSSR count). The largest absolute Gasteiger partial charge is 0.418 e. The Balaban J connectivity index is 1.90. The number of rotatable bonds is 4. The molecule has 138 valence electrons. The molecular weight excluding hydrogens is 369 g/mol. The molecule has 2 nitrogen and oxygen atoms in total. The van der Waals surface area contributed by atoms with Crippen LogP contribution in [0.4, 0.5) is 24.5 Å². The van der Waals surface area contributed by atoms with Gasteiger partial charge in [-0.15, -0.1) is 0 Å². The first-order valence-corrected chi connectivity index (χ1v) is 8.70. The number of hydrogen-bond acceptors (Lipinski definition) is 1. The predicted octanol–water partition coefficient (Wildman–Crippen LogP) is 6.11. The van der Waals surface area contributed by atoms with E-state index >= 15 is 0 Å². The van der Waals surface area contributed by atoms with E-state index in [-0.39, 0.29) is 10.8 Å². The molecule has 0 aliphatic carbocycles. The summed E-state index contributed by atoms with van der Waals surface area (Å²) in [5.41, 5.74) is 0.974. The van der Waals surface area contributed by atoms with Crippen LogP contribution < -0.4 is 10.2 Å². The Kier molecular flexibility index (Phi) is 5.76. The van der Waals surface area contributed by atoms with Crippen molar-refractivity contribution in [3.05, 3.63) is 96.1 Å². The van der Waals surface area contributed by atoms with Gasteiger partial charge in [0.1, 0.15) is 0 Å². The Morgan fingerprint density at radius 3 is 2.00 bits per heavy atom. The van der Waals surface area contributed by atoms with Crippen LogP contribution in [-0.4, -0.2) is 5.11 Å². The van der Waals surface area contributed by atoms with Gasteiger partial charge in [-0.05, 0) is 42.0 Å². The Labute approximate surface area is 161 Å². The van der Waals surface area contributed by atoms with Crippen LogP contribution >= 0.6 is 12.2 Å². The number of thiocarbonyl (C=S) groups is 1. The summed E-state index contributed by atoms with van der Waals surface area (Å²) in [5, 5.41) is 2.97.